The summed E-state index contributed by atoms with van der Waals surface area (Å²) in [5.41, 5.74) is 4.95. The maximum atomic E-state index is 12.6. The minimum Gasteiger partial charge on any atom is -0.395 e. The molecule has 0 saturated carbocycles. The number of rotatable bonds is 7. The SMILES string of the molecule is CCC(CC)N(CCO)C(=O)c1ccc(NN)c(C)c1. The molecule has 1 aromatic carbocycles. The van der Waals surface area contributed by atoms with Gasteiger partial charge in [0.25, 0.3) is 5.91 Å². The number of anilines is 1. The minimum absolute atomic E-state index is 0.0241. The Bertz CT molecular complexity index is 445. The molecule has 20 heavy (non-hydrogen) atoms. The zero-order valence-electron chi connectivity index (χ0n) is 12.5. The van der Waals surface area contributed by atoms with Gasteiger partial charge in [-0.3, -0.25) is 10.6 Å². The highest BCUT2D eigenvalue weighted by Crippen LogP contribution is 2.19. The molecular formula is C15H25N3O2. The van der Waals surface area contributed by atoms with Crippen molar-refractivity contribution in [2.24, 2.45) is 5.84 Å². The van der Waals surface area contributed by atoms with Gasteiger partial charge in [0.15, 0.2) is 0 Å². The first-order valence-corrected chi connectivity index (χ1v) is 7.08. The number of hydrazine groups is 1. The standard InChI is InChI=1S/C15H25N3O2/c1-4-13(5-2)18(8-9-19)15(20)12-6-7-14(17-16)11(3)10-12/h6-7,10,13,17,19H,4-5,8-9,16H2,1-3H3. The van der Waals surface area contributed by atoms with Gasteiger partial charge in [-0.15, -0.1) is 0 Å². The van der Waals surface area contributed by atoms with Crippen LogP contribution in [0.1, 0.15) is 42.6 Å². The molecule has 0 bridgehead atoms. The zero-order chi connectivity index (χ0) is 15.1. The summed E-state index contributed by atoms with van der Waals surface area (Å²) in [6.45, 7) is 6.35. The lowest BCUT2D eigenvalue weighted by Crippen LogP contribution is -2.41. The molecule has 112 valence electrons. The third kappa shape index (κ3) is 3.71. The molecule has 1 amide bonds. The van der Waals surface area contributed by atoms with Crippen LogP contribution < -0.4 is 11.3 Å². The zero-order valence-corrected chi connectivity index (χ0v) is 12.5. The first-order valence-electron chi connectivity index (χ1n) is 7.08. The van der Waals surface area contributed by atoms with Crippen LogP contribution in [0, 0.1) is 6.92 Å². The highest BCUT2D eigenvalue weighted by atomic mass is 16.3. The molecular weight excluding hydrogens is 254 g/mol. The molecule has 0 fully saturated rings. The fourth-order valence-corrected chi connectivity index (χ4v) is 2.41. The molecule has 4 N–H and O–H groups in total. The van der Waals surface area contributed by atoms with E-state index in [9.17, 15) is 9.90 Å². The Morgan fingerprint density at radius 2 is 2.05 bits per heavy atom. The topological polar surface area (TPSA) is 78.6 Å². The Balaban J connectivity index is 3.02. The first kappa shape index (κ1) is 16.5. The van der Waals surface area contributed by atoms with Crippen molar-refractivity contribution in [1.29, 1.82) is 0 Å². The largest absolute Gasteiger partial charge is 0.395 e. The van der Waals surface area contributed by atoms with Gasteiger partial charge >= 0.3 is 0 Å². The van der Waals surface area contributed by atoms with Crippen LogP contribution in [0.15, 0.2) is 18.2 Å². The molecule has 0 heterocycles. The van der Waals surface area contributed by atoms with Crippen molar-refractivity contribution >= 4 is 11.6 Å². The van der Waals surface area contributed by atoms with Crippen molar-refractivity contribution < 1.29 is 9.90 Å². The number of nitrogen functional groups attached to an aromatic ring is 1. The molecule has 5 heteroatoms. The number of hydrogen-bond donors (Lipinski definition) is 3. The van der Waals surface area contributed by atoms with Crippen molar-refractivity contribution in [1.82, 2.24) is 4.90 Å². The number of aliphatic hydroxyl groups excluding tert-OH is 1. The molecule has 0 aromatic heterocycles. The molecule has 5 nitrogen and oxygen atoms in total. The van der Waals surface area contributed by atoms with E-state index in [2.05, 4.69) is 19.3 Å². The molecule has 0 atom stereocenters. The van der Waals surface area contributed by atoms with Crippen molar-refractivity contribution in [3.8, 4) is 0 Å². The second-order valence-corrected chi connectivity index (χ2v) is 4.87. The van der Waals surface area contributed by atoms with Gasteiger partial charge in [0.1, 0.15) is 0 Å². The highest BCUT2D eigenvalue weighted by Gasteiger charge is 2.22. The van der Waals surface area contributed by atoms with Crippen molar-refractivity contribution in [3.63, 3.8) is 0 Å². The highest BCUT2D eigenvalue weighted by molar-refractivity contribution is 5.95. The summed E-state index contributed by atoms with van der Waals surface area (Å²) in [5.74, 6) is 5.36. The van der Waals surface area contributed by atoms with E-state index in [4.69, 9.17) is 5.84 Å². The summed E-state index contributed by atoms with van der Waals surface area (Å²) >= 11 is 0. The number of carbonyl (C=O) groups excluding carboxylic acids is 1. The molecule has 0 unspecified atom stereocenters. The third-order valence-electron chi connectivity index (χ3n) is 3.61. The Labute approximate surface area is 120 Å². The summed E-state index contributed by atoms with van der Waals surface area (Å²) in [6, 6.07) is 5.54. The van der Waals surface area contributed by atoms with Crippen molar-refractivity contribution in [2.75, 3.05) is 18.6 Å². The van der Waals surface area contributed by atoms with Crippen LogP contribution in [0.2, 0.25) is 0 Å². The van der Waals surface area contributed by atoms with E-state index in [1.807, 2.05) is 13.0 Å². The van der Waals surface area contributed by atoms with E-state index in [-0.39, 0.29) is 18.6 Å². The number of amides is 1. The van der Waals surface area contributed by atoms with E-state index in [1.165, 1.54) is 0 Å². The van der Waals surface area contributed by atoms with Gasteiger partial charge < -0.3 is 15.4 Å². The fraction of sp³-hybridized carbons (Fsp3) is 0.533. The van der Waals surface area contributed by atoms with Crippen LogP contribution in [0.3, 0.4) is 0 Å². The van der Waals surface area contributed by atoms with E-state index < -0.39 is 0 Å². The number of nitrogens with zero attached hydrogens (tertiary/aromatic N) is 1. The average molecular weight is 279 g/mol. The minimum atomic E-state index is -0.0422. The van der Waals surface area contributed by atoms with Crippen LogP contribution in [0.5, 0.6) is 0 Å². The second-order valence-electron chi connectivity index (χ2n) is 4.87. The summed E-state index contributed by atoms with van der Waals surface area (Å²) in [6.07, 6.45) is 1.76. The van der Waals surface area contributed by atoms with Crippen molar-refractivity contribution in [3.05, 3.63) is 29.3 Å². The van der Waals surface area contributed by atoms with Gasteiger partial charge in [-0.1, -0.05) is 13.8 Å². The number of nitrogens with one attached hydrogen (secondary N) is 1. The van der Waals surface area contributed by atoms with Crippen LogP contribution >= 0.6 is 0 Å². The number of benzene rings is 1. The monoisotopic (exact) mass is 279 g/mol. The van der Waals surface area contributed by atoms with E-state index in [0.717, 1.165) is 24.1 Å². The quantitative estimate of drug-likeness (QED) is 0.526. The number of hydrogen-bond acceptors (Lipinski definition) is 4. The summed E-state index contributed by atoms with van der Waals surface area (Å²) in [4.78, 5) is 14.4. The first-order chi connectivity index (χ1) is 9.58. The maximum Gasteiger partial charge on any atom is 0.254 e. The van der Waals surface area contributed by atoms with Gasteiger partial charge in [0.2, 0.25) is 0 Å². The number of aryl methyl sites for hydroxylation is 1. The molecule has 0 aliphatic carbocycles. The molecule has 0 saturated heterocycles. The van der Waals surface area contributed by atoms with Crippen LogP contribution in [-0.4, -0.2) is 35.1 Å². The van der Waals surface area contributed by atoms with Crippen LogP contribution in [0.4, 0.5) is 5.69 Å². The maximum absolute atomic E-state index is 12.6. The lowest BCUT2D eigenvalue weighted by molar-refractivity contribution is 0.0622. The summed E-state index contributed by atoms with van der Waals surface area (Å²) in [7, 11) is 0. The number of carbonyl (C=O) groups is 1. The lowest BCUT2D eigenvalue weighted by atomic mass is 10.1. The van der Waals surface area contributed by atoms with Crippen LogP contribution in [0.25, 0.3) is 0 Å². The molecule has 1 aromatic rings. The summed E-state index contributed by atoms with van der Waals surface area (Å²) < 4.78 is 0. The molecule has 1 rings (SSSR count). The van der Waals surface area contributed by atoms with E-state index >= 15 is 0 Å². The predicted molar refractivity (Wildman–Crippen MR) is 81.5 cm³/mol. The lowest BCUT2D eigenvalue weighted by Gasteiger charge is -2.30. The molecule has 0 aliphatic rings. The third-order valence-corrected chi connectivity index (χ3v) is 3.61. The number of aliphatic hydroxyl groups is 1. The van der Waals surface area contributed by atoms with Gasteiger partial charge in [0, 0.05) is 18.2 Å². The van der Waals surface area contributed by atoms with Gasteiger partial charge in [-0.05, 0) is 43.5 Å². The van der Waals surface area contributed by atoms with Gasteiger partial charge in [-0.25, -0.2) is 0 Å². The Hall–Kier alpha value is -1.59. The predicted octanol–water partition coefficient (Wildman–Crippen LogP) is 1.90. The van der Waals surface area contributed by atoms with Crippen LogP contribution in [-0.2, 0) is 0 Å². The Morgan fingerprint density at radius 1 is 1.40 bits per heavy atom. The molecule has 0 spiro atoms. The Kier molecular flexibility index (Phi) is 6.48. The summed E-state index contributed by atoms with van der Waals surface area (Å²) in [5, 5.41) is 9.19. The fourth-order valence-electron chi connectivity index (χ4n) is 2.41. The van der Waals surface area contributed by atoms with Crippen molar-refractivity contribution in [2.45, 2.75) is 39.7 Å². The molecule has 0 radical (unpaired) electrons. The Morgan fingerprint density at radius 3 is 2.50 bits per heavy atom. The number of nitrogens with two attached hydrogens (primary N) is 1. The van der Waals surface area contributed by atoms with E-state index in [1.54, 1.807) is 17.0 Å². The molecule has 0 aliphatic heterocycles. The average Bonchev–Trinajstić information content (AvgIpc) is 2.46. The second kappa shape index (κ2) is 7.87. The van der Waals surface area contributed by atoms with Gasteiger partial charge in [0.05, 0.1) is 12.3 Å². The van der Waals surface area contributed by atoms with E-state index in [0.29, 0.717) is 12.1 Å². The smallest absolute Gasteiger partial charge is 0.254 e. The normalized spacial score (nSPS) is 10.7. The van der Waals surface area contributed by atoms with Gasteiger partial charge in [-0.2, -0.15) is 0 Å².